The lowest BCUT2D eigenvalue weighted by Crippen LogP contribution is -2.46. The van der Waals surface area contributed by atoms with Crippen LogP contribution in [0.4, 0.5) is 5.69 Å². The number of rotatable bonds is 5. The van der Waals surface area contributed by atoms with Crippen LogP contribution in [0.1, 0.15) is 24.8 Å². The number of anilines is 1. The summed E-state index contributed by atoms with van der Waals surface area (Å²) in [4.78, 5) is 26.7. The summed E-state index contributed by atoms with van der Waals surface area (Å²) in [6.07, 6.45) is 1.06. The van der Waals surface area contributed by atoms with Gasteiger partial charge in [-0.15, -0.1) is 0 Å². The summed E-state index contributed by atoms with van der Waals surface area (Å²) >= 11 is 5.86. The van der Waals surface area contributed by atoms with Crippen molar-refractivity contribution >= 4 is 39.1 Å². The lowest BCUT2D eigenvalue weighted by Gasteiger charge is -2.26. The van der Waals surface area contributed by atoms with Crippen molar-refractivity contribution in [2.75, 3.05) is 4.90 Å². The van der Waals surface area contributed by atoms with E-state index in [0.29, 0.717) is 29.1 Å². The number of carbonyl (C=O) groups is 2. The van der Waals surface area contributed by atoms with Crippen LogP contribution in [0.25, 0.3) is 0 Å². The highest BCUT2D eigenvalue weighted by Gasteiger charge is 2.51. The third kappa shape index (κ3) is 3.53. The summed E-state index contributed by atoms with van der Waals surface area (Å²) in [7, 11) is -3.98. The Kier molecular flexibility index (Phi) is 4.90. The maximum absolute atomic E-state index is 13.3. The van der Waals surface area contributed by atoms with E-state index < -0.39 is 27.9 Å². The van der Waals surface area contributed by atoms with E-state index in [-0.39, 0.29) is 17.4 Å². The van der Waals surface area contributed by atoms with E-state index in [1.54, 1.807) is 0 Å². The van der Waals surface area contributed by atoms with Gasteiger partial charge in [-0.05, 0) is 61.4 Å². The fraction of sp³-hybridized carbons (Fsp3) is 0.250. The van der Waals surface area contributed by atoms with Crippen LogP contribution in [0, 0.1) is 11.3 Å². The highest BCUT2D eigenvalue weighted by Crippen LogP contribution is 2.38. The molecular formula is C20H16ClN3O4S. The van der Waals surface area contributed by atoms with Crippen LogP contribution >= 0.6 is 11.6 Å². The predicted octanol–water partition coefficient (Wildman–Crippen LogP) is 2.70. The average Bonchev–Trinajstić information content (AvgIpc) is 3.48. The number of nitrogens with zero attached hydrogens (tertiary/aromatic N) is 3. The van der Waals surface area contributed by atoms with Gasteiger partial charge >= 0.3 is 0 Å². The highest BCUT2D eigenvalue weighted by molar-refractivity contribution is 7.89. The molecular weight excluding hydrogens is 414 g/mol. The number of nitriles is 1. The zero-order valence-electron chi connectivity index (χ0n) is 15.2. The van der Waals surface area contributed by atoms with Crippen LogP contribution in [-0.2, 0) is 19.6 Å². The van der Waals surface area contributed by atoms with E-state index in [0.717, 1.165) is 4.90 Å². The normalized spacial score (nSPS) is 19.6. The lowest BCUT2D eigenvalue weighted by atomic mass is 10.2. The number of imide groups is 1. The summed E-state index contributed by atoms with van der Waals surface area (Å²) in [5.41, 5.74) is 0.718. The quantitative estimate of drug-likeness (QED) is 0.680. The molecule has 2 amide bonds. The van der Waals surface area contributed by atoms with Gasteiger partial charge in [-0.25, -0.2) is 13.3 Å². The maximum atomic E-state index is 13.3. The first-order valence-corrected chi connectivity index (χ1v) is 10.8. The number of hydrogen-bond donors (Lipinski definition) is 0. The minimum absolute atomic E-state index is 0.0332. The molecule has 1 aliphatic carbocycles. The van der Waals surface area contributed by atoms with Gasteiger partial charge in [-0.2, -0.15) is 9.57 Å². The Morgan fingerprint density at radius 3 is 2.21 bits per heavy atom. The molecule has 1 saturated heterocycles. The van der Waals surface area contributed by atoms with Crippen molar-refractivity contribution < 1.29 is 18.0 Å². The van der Waals surface area contributed by atoms with E-state index in [1.807, 2.05) is 6.07 Å². The van der Waals surface area contributed by atoms with Gasteiger partial charge < -0.3 is 0 Å². The highest BCUT2D eigenvalue weighted by atomic mass is 35.5. The number of carbonyl (C=O) groups excluding carboxylic acids is 2. The molecule has 2 aliphatic rings. The van der Waals surface area contributed by atoms with Gasteiger partial charge in [-0.3, -0.25) is 9.59 Å². The van der Waals surface area contributed by atoms with E-state index in [1.165, 1.54) is 52.8 Å². The summed E-state index contributed by atoms with van der Waals surface area (Å²) in [6.45, 7) is 0. The van der Waals surface area contributed by atoms with Crippen LogP contribution in [0.2, 0.25) is 5.02 Å². The van der Waals surface area contributed by atoms with Crippen molar-refractivity contribution in [3.63, 3.8) is 0 Å². The first kappa shape index (κ1) is 19.6. The molecule has 2 aromatic carbocycles. The zero-order chi connectivity index (χ0) is 20.8. The third-order valence-electron chi connectivity index (χ3n) is 4.98. The topological polar surface area (TPSA) is 98.5 Å². The lowest BCUT2D eigenvalue weighted by molar-refractivity contribution is -0.122. The second-order valence-corrected chi connectivity index (χ2v) is 9.25. The fourth-order valence-corrected chi connectivity index (χ4v) is 5.40. The molecule has 2 aromatic rings. The Bertz CT molecular complexity index is 1120. The second kappa shape index (κ2) is 7.26. The number of amides is 2. The Labute approximate surface area is 173 Å². The molecule has 1 unspecified atom stereocenters. The van der Waals surface area contributed by atoms with E-state index in [9.17, 15) is 18.0 Å². The van der Waals surface area contributed by atoms with Gasteiger partial charge in [0, 0.05) is 11.1 Å². The molecule has 0 aromatic heterocycles. The zero-order valence-corrected chi connectivity index (χ0v) is 16.7. The minimum Gasteiger partial charge on any atom is -0.274 e. The van der Waals surface area contributed by atoms with E-state index in [2.05, 4.69) is 0 Å². The third-order valence-corrected chi connectivity index (χ3v) is 7.21. The van der Waals surface area contributed by atoms with Crippen molar-refractivity contribution in [3.05, 3.63) is 59.1 Å². The molecule has 29 heavy (non-hydrogen) atoms. The van der Waals surface area contributed by atoms with Crippen molar-refractivity contribution in [3.8, 4) is 6.07 Å². The first-order chi connectivity index (χ1) is 13.8. The molecule has 1 heterocycles. The Hall–Kier alpha value is -2.73. The van der Waals surface area contributed by atoms with Crippen LogP contribution in [0.15, 0.2) is 53.4 Å². The van der Waals surface area contributed by atoms with Crippen molar-refractivity contribution in [1.29, 1.82) is 5.26 Å². The molecule has 9 heteroatoms. The Balaban J connectivity index is 1.68. The number of hydrogen-bond acceptors (Lipinski definition) is 5. The summed E-state index contributed by atoms with van der Waals surface area (Å²) < 4.78 is 27.7. The maximum Gasteiger partial charge on any atom is 0.252 e. The molecule has 0 bridgehead atoms. The molecule has 1 atom stereocenters. The van der Waals surface area contributed by atoms with Gasteiger partial charge in [0.1, 0.15) is 6.04 Å². The second-order valence-electron chi connectivity index (χ2n) is 6.97. The minimum atomic E-state index is -3.98. The van der Waals surface area contributed by atoms with Crippen molar-refractivity contribution in [1.82, 2.24) is 4.31 Å². The Morgan fingerprint density at radius 1 is 1.03 bits per heavy atom. The molecule has 0 spiro atoms. The van der Waals surface area contributed by atoms with Crippen LogP contribution in [0.5, 0.6) is 0 Å². The first-order valence-electron chi connectivity index (χ1n) is 8.99. The number of halogens is 1. The predicted molar refractivity (Wildman–Crippen MR) is 106 cm³/mol. The van der Waals surface area contributed by atoms with E-state index in [4.69, 9.17) is 16.9 Å². The molecule has 1 aliphatic heterocycles. The molecule has 4 rings (SSSR count). The number of sulfonamides is 1. The fourth-order valence-electron chi connectivity index (χ4n) is 3.45. The van der Waals surface area contributed by atoms with E-state index >= 15 is 0 Å². The van der Waals surface area contributed by atoms with Gasteiger partial charge in [0.05, 0.1) is 28.6 Å². The van der Waals surface area contributed by atoms with Crippen LogP contribution in [-0.4, -0.2) is 36.6 Å². The standard InChI is InChI=1S/C20H16ClN3O4S/c21-14-3-9-17(10-4-14)29(27,28)24(16-7-8-16)18-11-19(25)23(20(18)26)15-5-1-13(12-22)2-6-15/h1-6,9-10,16,18H,7-8,11H2. The van der Waals surface area contributed by atoms with Gasteiger partial charge in [-0.1, -0.05) is 11.6 Å². The van der Waals surface area contributed by atoms with Crippen LogP contribution in [0.3, 0.4) is 0 Å². The molecule has 7 nitrogen and oxygen atoms in total. The van der Waals surface area contributed by atoms with Gasteiger partial charge in [0.15, 0.2) is 0 Å². The average molecular weight is 430 g/mol. The smallest absolute Gasteiger partial charge is 0.252 e. The molecule has 2 fully saturated rings. The summed E-state index contributed by atoms with van der Waals surface area (Å²) in [6, 6.07) is 12.3. The van der Waals surface area contributed by atoms with Gasteiger partial charge in [0.25, 0.3) is 5.91 Å². The molecule has 148 valence electrons. The monoisotopic (exact) mass is 429 g/mol. The molecule has 1 saturated carbocycles. The van der Waals surface area contributed by atoms with Crippen LogP contribution < -0.4 is 4.90 Å². The van der Waals surface area contributed by atoms with Crippen molar-refractivity contribution in [2.45, 2.75) is 36.2 Å². The SMILES string of the molecule is N#Cc1ccc(N2C(=O)CC(N(C3CC3)S(=O)(=O)c3ccc(Cl)cc3)C2=O)cc1. The van der Waals surface area contributed by atoms with Gasteiger partial charge in [0.2, 0.25) is 15.9 Å². The molecule has 0 radical (unpaired) electrons. The summed E-state index contributed by atoms with van der Waals surface area (Å²) in [5, 5.41) is 9.32. The Morgan fingerprint density at radius 2 is 1.66 bits per heavy atom. The largest absolute Gasteiger partial charge is 0.274 e. The number of benzene rings is 2. The summed E-state index contributed by atoms with van der Waals surface area (Å²) in [5.74, 6) is -1.05. The molecule has 0 N–H and O–H groups in total. The van der Waals surface area contributed by atoms with Crippen molar-refractivity contribution in [2.24, 2.45) is 0 Å².